The highest BCUT2D eigenvalue weighted by molar-refractivity contribution is 7.89. The zero-order valence-electron chi connectivity index (χ0n) is 15.8. The fourth-order valence-corrected chi connectivity index (χ4v) is 3.85. The van der Waals surface area contributed by atoms with Crippen LogP contribution in [0.4, 0.5) is 8.78 Å². The van der Waals surface area contributed by atoms with Crippen molar-refractivity contribution in [3.05, 3.63) is 35.9 Å². The van der Waals surface area contributed by atoms with E-state index in [4.69, 9.17) is 4.74 Å². The van der Waals surface area contributed by atoms with E-state index in [0.717, 1.165) is 4.90 Å². The second-order valence-electron chi connectivity index (χ2n) is 5.66. The van der Waals surface area contributed by atoms with Gasteiger partial charge in [0.2, 0.25) is 15.9 Å². The first kappa shape index (κ1) is 23.2. The molecule has 1 rings (SSSR count). The highest BCUT2D eigenvalue weighted by Gasteiger charge is 2.21. The molecule has 0 bridgehead atoms. The lowest BCUT2D eigenvalue weighted by molar-refractivity contribution is -0.128. The van der Waals surface area contributed by atoms with E-state index in [9.17, 15) is 22.0 Å². The molecule has 1 amide bonds. The minimum absolute atomic E-state index is 0.0606. The minimum atomic E-state index is -3.55. The number of nitrogens with zero attached hydrogens (tertiary/aromatic N) is 2. The lowest BCUT2D eigenvalue weighted by Crippen LogP contribution is -2.36. The summed E-state index contributed by atoms with van der Waals surface area (Å²) in [4.78, 5) is 13.3. The Balaban J connectivity index is 2.88. The second-order valence-corrected chi connectivity index (χ2v) is 7.60. The standard InChI is InChI=1S/C18H26F2N2O4S/c1-4-22(5-2)27(24,25)16-9-6-15(7-10-16)8-11-18(23)21(12-13-26-3)14-17(19)20/h6-11,17H,4-5,12-14H2,1-3H3/b11-8+. The number of hydrogen-bond donors (Lipinski definition) is 0. The smallest absolute Gasteiger partial charge is 0.255 e. The number of halogens is 2. The van der Waals surface area contributed by atoms with E-state index in [2.05, 4.69) is 0 Å². The van der Waals surface area contributed by atoms with Crippen molar-refractivity contribution < 1.29 is 26.7 Å². The molecule has 0 spiro atoms. The number of ether oxygens (including phenoxy) is 1. The molecule has 0 aromatic heterocycles. The summed E-state index contributed by atoms with van der Waals surface area (Å²) < 4.78 is 56.2. The summed E-state index contributed by atoms with van der Waals surface area (Å²) in [5.74, 6) is -0.563. The van der Waals surface area contributed by atoms with Gasteiger partial charge in [-0.2, -0.15) is 4.31 Å². The molecule has 0 aliphatic carbocycles. The van der Waals surface area contributed by atoms with Crippen molar-refractivity contribution >= 4 is 22.0 Å². The Morgan fingerprint density at radius 3 is 2.26 bits per heavy atom. The van der Waals surface area contributed by atoms with Gasteiger partial charge in [0.25, 0.3) is 6.43 Å². The largest absolute Gasteiger partial charge is 0.383 e. The number of sulfonamides is 1. The van der Waals surface area contributed by atoms with E-state index < -0.39 is 28.9 Å². The molecule has 0 unspecified atom stereocenters. The summed E-state index contributed by atoms with van der Waals surface area (Å²) in [6.45, 7) is 3.81. The second kappa shape index (κ2) is 11.1. The van der Waals surface area contributed by atoms with Gasteiger partial charge in [-0.3, -0.25) is 4.79 Å². The van der Waals surface area contributed by atoms with E-state index in [-0.39, 0.29) is 18.0 Å². The predicted octanol–water partition coefficient (Wildman–Crippen LogP) is 2.47. The average Bonchev–Trinajstić information content (AvgIpc) is 2.64. The van der Waals surface area contributed by atoms with Crippen LogP contribution in [0.15, 0.2) is 35.2 Å². The van der Waals surface area contributed by atoms with Crippen LogP contribution in [0.5, 0.6) is 0 Å². The van der Waals surface area contributed by atoms with Crippen LogP contribution in [-0.4, -0.2) is 69.9 Å². The molecular formula is C18H26F2N2O4S. The van der Waals surface area contributed by atoms with Gasteiger partial charge in [0.1, 0.15) is 0 Å². The number of carbonyl (C=O) groups excluding carboxylic acids is 1. The Labute approximate surface area is 159 Å². The van der Waals surface area contributed by atoms with Gasteiger partial charge in [-0.25, -0.2) is 17.2 Å². The molecule has 9 heteroatoms. The molecule has 0 fully saturated rings. The van der Waals surface area contributed by atoms with Crippen LogP contribution in [0.25, 0.3) is 6.08 Å². The van der Waals surface area contributed by atoms with Crippen molar-refractivity contribution in [2.24, 2.45) is 0 Å². The quantitative estimate of drug-likeness (QED) is 0.532. The fraction of sp³-hybridized carbons (Fsp3) is 0.500. The third-order valence-electron chi connectivity index (χ3n) is 3.88. The van der Waals surface area contributed by atoms with Crippen molar-refractivity contribution in [1.82, 2.24) is 9.21 Å². The molecule has 0 heterocycles. The Morgan fingerprint density at radius 2 is 1.78 bits per heavy atom. The van der Waals surface area contributed by atoms with Crippen LogP contribution < -0.4 is 0 Å². The van der Waals surface area contributed by atoms with Crippen LogP contribution in [0.1, 0.15) is 19.4 Å². The highest BCUT2D eigenvalue weighted by Crippen LogP contribution is 2.17. The van der Waals surface area contributed by atoms with Crippen molar-refractivity contribution in [3.63, 3.8) is 0 Å². The van der Waals surface area contributed by atoms with E-state index >= 15 is 0 Å². The predicted molar refractivity (Wildman–Crippen MR) is 100 cm³/mol. The van der Waals surface area contributed by atoms with Gasteiger partial charge < -0.3 is 9.64 Å². The summed E-state index contributed by atoms with van der Waals surface area (Å²) >= 11 is 0. The molecule has 1 aromatic rings. The average molecular weight is 404 g/mol. The van der Waals surface area contributed by atoms with Gasteiger partial charge >= 0.3 is 0 Å². The minimum Gasteiger partial charge on any atom is -0.383 e. The number of alkyl halides is 2. The molecule has 1 aromatic carbocycles. The van der Waals surface area contributed by atoms with Crippen LogP contribution in [0.2, 0.25) is 0 Å². The van der Waals surface area contributed by atoms with Crippen molar-refractivity contribution in [2.45, 2.75) is 25.2 Å². The molecule has 0 N–H and O–H groups in total. The first-order chi connectivity index (χ1) is 12.8. The van der Waals surface area contributed by atoms with Gasteiger partial charge in [-0.05, 0) is 23.8 Å². The zero-order chi connectivity index (χ0) is 20.4. The van der Waals surface area contributed by atoms with E-state index in [1.807, 2.05) is 0 Å². The molecule has 0 saturated heterocycles. The Hall–Kier alpha value is -1.84. The third kappa shape index (κ3) is 7.00. The Morgan fingerprint density at radius 1 is 1.19 bits per heavy atom. The van der Waals surface area contributed by atoms with Crippen LogP contribution in [0, 0.1) is 0 Å². The number of amides is 1. The fourth-order valence-electron chi connectivity index (χ4n) is 2.40. The van der Waals surface area contributed by atoms with E-state index in [0.29, 0.717) is 18.7 Å². The molecule has 0 saturated carbocycles. The first-order valence-electron chi connectivity index (χ1n) is 8.60. The summed E-state index contributed by atoms with van der Waals surface area (Å²) in [6.07, 6.45) is 0.0108. The first-order valence-corrected chi connectivity index (χ1v) is 10.0. The van der Waals surface area contributed by atoms with Crippen molar-refractivity contribution in [2.75, 3.05) is 39.9 Å². The van der Waals surface area contributed by atoms with Crippen LogP contribution >= 0.6 is 0 Å². The summed E-state index contributed by atoms with van der Waals surface area (Å²) in [5.41, 5.74) is 0.589. The number of rotatable bonds is 11. The summed E-state index contributed by atoms with van der Waals surface area (Å²) in [7, 11) is -2.12. The summed E-state index contributed by atoms with van der Waals surface area (Å²) in [5, 5.41) is 0. The highest BCUT2D eigenvalue weighted by atomic mass is 32.2. The van der Waals surface area contributed by atoms with Gasteiger partial charge in [-0.15, -0.1) is 0 Å². The summed E-state index contributed by atoms with van der Waals surface area (Å²) in [6, 6.07) is 6.04. The molecule has 6 nitrogen and oxygen atoms in total. The number of methoxy groups -OCH3 is 1. The molecular weight excluding hydrogens is 378 g/mol. The molecule has 0 aliphatic rings. The van der Waals surface area contributed by atoms with E-state index in [1.165, 1.54) is 35.7 Å². The maximum Gasteiger partial charge on any atom is 0.255 e. The monoisotopic (exact) mass is 404 g/mol. The van der Waals surface area contributed by atoms with Crippen LogP contribution in [0.3, 0.4) is 0 Å². The van der Waals surface area contributed by atoms with Gasteiger partial charge in [0.05, 0.1) is 18.0 Å². The molecule has 152 valence electrons. The van der Waals surface area contributed by atoms with Gasteiger partial charge in [0.15, 0.2) is 0 Å². The zero-order valence-corrected chi connectivity index (χ0v) is 16.6. The maximum absolute atomic E-state index is 12.6. The maximum atomic E-state index is 12.6. The topological polar surface area (TPSA) is 66.9 Å². The molecule has 27 heavy (non-hydrogen) atoms. The lowest BCUT2D eigenvalue weighted by atomic mass is 10.2. The number of hydrogen-bond acceptors (Lipinski definition) is 4. The van der Waals surface area contributed by atoms with E-state index in [1.54, 1.807) is 26.0 Å². The SMILES string of the molecule is CCN(CC)S(=O)(=O)c1ccc(/C=C/C(=O)N(CCOC)CC(F)F)cc1. The molecule has 0 atom stereocenters. The van der Waals surface area contributed by atoms with Crippen molar-refractivity contribution in [1.29, 1.82) is 0 Å². The number of benzene rings is 1. The normalized spacial score (nSPS) is 12.3. The van der Waals surface area contributed by atoms with Gasteiger partial charge in [-0.1, -0.05) is 26.0 Å². The molecule has 0 aliphatic heterocycles. The Kier molecular flexibility index (Phi) is 9.54. The van der Waals surface area contributed by atoms with Gasteiger partial charge in [0, 0.05) is 32.8 Å². The molecule has 0 radical (unpaired) electrons. The number of carbonyl (C=O) groups is 1. The third-order valence-corrected chi connectivity index (χ3v) is 5.94. The lowest BCUT2D eigenvalue weighted by Gasteiger charge is -2.20. The van der Waals surface area contributed by atoms with Crippen molar-refractivity contribution in [3.8, 4) is 0 Å². The Bertz CT molecular complexity index is 717. The van der Waals surface area contributed by atoms with Crippen LogP contribution in [-0.2, 0) is 19.6 Å².